The maximum Gasteiger partial charge on any atom is 0.305 e. The van der Waals surface area contributed by atoms with Crippen LogP contribution in [0.1, 0.15) is 43.7 Å². The zero-order valence-corrected chi connectivity index (χ0v) is 12.2. The molecule has 1 atom stereocenters. The predicted octanol–water partition coefficient (Wildman–Crippen LogP) is 3.31. The first-order valence-corrected chi connectivity index (χ1v) is 7.17. The minimum atomic E-state index is -0.848. The smallest absolute Gasteiger partial charge is 0.305 e. The summed E-state index contributed by atoms with van der Waals surface area (Å²) in [5.74, 6) is -1.12. The number of hydrogen-bond donors (Lipinski definition) is 1. The molecule has 0 aromatic heterocycles. The van der Waals surface area contributed by atoms with Gasteiger partial charge in [0.2, 0.25) is 0 Å². The van der Waals surface area contributed by atoms with E-state index in [4.69, 9.17) is 0 Å². The molecule has 2 rings (SSSR count). The van der Waals surface area contributed by atoms with Crippen molar-refractivity contribution in [2.45, 2.75) is 45.1 Å². The Kier molecular flexibility index (Phi) is 4.43. The molecule has 1 saturated heterocycles. The van der Waals surface area contributed by atoms with Gasteiger partial charge in [-0.3, -0.25) is 9.69 Å². The minimum absolute atomic E-state index is 0.00446. The topological polar surface area (TPSA) is 40.5 Å². The molecule has 1 fully saturated rings. The highest BCUT2D eigenvalue weighted by molar-refractivity contribution is 5.69. The molecule has 1 aromatic rings. The van der Waals surface area contributed by atoms with E-state index in [9.17, 15) is 14.3 Å². The first-order chi connectivity index (χ1) is 9.43. The summed E-state index contributed by atoms with van der Waals surface area (Å²) in [5, 5.41) is 9.24. The number of carbonyl (C=O) groups is 1. The summed E-state index contributed by atoms with van der Waals surface area (Å²) in [5.41, 5.74) is 0.704. The lowest BCUT2D eigenvalue weighted by Gasteiger charge is -2.43. The average molecular weight is 279 g/mol. The molecule has 1 aromatic carbocycles. The summed E-state index contributed by atoms with van der Waals surface area (Å²) in [7, 11) is 0. The monoisotopic (exact) mass is 279 g/mol. The van der Waals surface area contributed by atoms with Gasteiger partial charge in [0.1, 0.15) is 5.82 Å². The Bertz CT molecular complexity index is 497. The Morgan fingerprint density at radius 1 is 1.35 bits per heavy atom. The number of benzene rings is 1. The van der Waals surface area contributed by atoms with Crippen LogP contribution in [-0.2, 0) is 10.3 Å². The van der Waals surface area contributed by atoms with E-state index in [2.05, 4.69) is 4.90 Å². The van der Waals surface area contributed by atoms with Crippen LogP contribution in [0.25, 0.3) is 0 Å². The molecular formula is C16H22FNO2. The number of carboxylic acid groups (broad SMARTS) is 1. The zero-order valence-electron chi connectivity index (χ0n) is 12.2. The number of piperidine rings is 1. The van der Waals surface area contributed by atoms with E-state index < -0.39 is 11.5 Å². The van der Waals surface area contributed by atoms with Gasteiger partial charge in [-0.05, 0) is 57.0 Å². The van der Waals surface area contributed by atoms with Crippen molar-refractivity contribution in [3.8, 4) is 0 Å². The van der Waals surface area contributed by atoms with Gasteiger partial charge in [0, 0.05) is 0 Å². The lowest BCUT2D eigenvalue weighted by Crippen LogP contribution is -2.48. The Labute approximate surface area is 119 Å². The molecule has 20 heavy (non-hydrogen) atoms. The summed E-state index contributed by atoms with van der Waals surface area (Å²) in [6.45, 7) is 5.38. The van der Waals surface area contributed by atoms with Crippen molar-refractivity contribution < 1.29 is 14.3 Å². The lowest BCUT2D eigenvalue weighted by atomic mass is 9.84. The molecule has 3 nitrogen and oxygen atoms in total. The molecule has 110 valence electrons. The molecule has 4 heteroatoms. The summed E-state index contributed by atoms with van der Waals surface area (Å²) in [6, 6.07) is 5.08. The molecule has 0 radical (unpaired) electrons. The van der Waals surface area contributed by atoms with Crippen LogP contribution in [-0.4, -0.2) is 29.1 Å². The van der Waals surface area contributed by atoms with E-state index >= 15 is 0 Å². The lowest BCUT2D eigenvalue weighted by molar-refractivity contribution is -0.140. The second kappa shape index (κ2) is 5.92. The van der Waals surface area contributed by atoms with Crippen molar-refractivity contribution in [1.82, 2.24) is 4.90 Å². The highest BCUT2D eigenvalue weighted by Gasteiger charge is 2.36. The molecule has 1 N–H and O–H groups in total. The van der Waals surface area contributed by atoms with E-state index in [0.717, 1.165) is 31.5 Å². The highest BCUT2D eigenvalue weighted by Crippen LogP contribution is 2.35. The maximum absolute atomic E-state index is 13.8. The van der Waals surface area contributed by atoms with E-state index in [1.807, 2.05) is 13.0 Å². The number of carboxylic acids is 1. The van der Waals surface area contributed by atoms with E-state index in [0.29, 0.717) is 5.56 Å². The standard InChI is InChI=1S/C16H22FNO2/c1-12-6-7-13(10-14(12)17)16(2,11-15(19)20)18-8-4-3-5-9-18/h6-7,10H,3-5,8-9,11H2,1-2H3,(H,19,20). The molecule has 1 aliphatic heterocycles. The van der Waals surface area contributed by atoms with Crippen LogP contribution in [0, 0.1) is 12.7 Å². The third-order valence-electron chi connectivity index (χ3n) is 4.34. The second-order valence-corrected chi connectivity index (χ2v) is 5.86. The Morgan fingerprint density at radius 2 is 2.00 bits per heavy atom. The Balaban J connectivity index is 2.38. The number of hydrogen-bond acceptors (Lipinski definition) is 2. The van der Waals surface area contributed by atoms with Crippen LogP contribution in [0.5, 0.6) is 0 Å². The van der Waals surface area contributed by atoms with Crippen LogP contribution in [0.15, 0.2) is 18.2 Å². The summed E-state index contributed by atoms with van der Waals surface area (Å²) < 4.78 is 13.8. The second-order valence-electron chi connectivity index (χ2n) is 5.86. The SMILES string of the molecule is Cc1ccc(C(C)(CC(=O)O)N2CCCCC2)cc1F. The summed E-state index contributed by atoms with van der Waals surface area (Å²) in [4.78, 5) is 13.5. The van der Waals surface area contributed by atoms with Crippen molar-refractivity contribution in [2.24, 2.45) is 0 Å². The van der Waals surface area contributed by atoms with Crippen molar-refractivity contribution in [2.75, 3.05) is 13.1 Å². The summed E-state index contributed by atoms with van der Waals surface area (Å²) >= 11 is 0. The van der Waals surface area contributed by atoms with Gasteiger partial charge in [-0.1, -0.05) is 18.6 Å². The van der Waals surface area contributed by atoms with E-state index in [1.54, 1.807) is 13.0 Å². The van der Waals surface area contributed by atoms with E-state index in [-0.39, 0.29) is 12.2 Å². The predicted molar refractivity (Wildman–Crippen MR) is 76.2 cm³/mol. The van der Waals surface area contributed by atoms with Crippen LogP contribution in [0.3, 0.4) is 0 Å². The number of halogens is 1. The molecule has 0 amide bonds. The van der Waals surface area contributed by atoms with Gasteiger partial charge in [0.25, 0.3) is 0 Å². The first kappa shape index (κ1) is 15.0. The van der Waals surface area contributed by atoms with Gasteiger partial charge in [0.15, 0.2) is 0 Å². The first-order valence-electron chi connectivity index (χ1n) is 7.17. The molecule has 0 bridgehead atoms. The van der Waals surface area contributed by atoms with Gasteiger partial charge >= 0.3 is 5.97 Å². The van der Waals surface area contributed by atoms with Crippen LogP contribution in [0.4, 0.5) is 4.39 Å². The fraction of sp³-hybridized carbons (Fsp3) is 0.562. The Hall–Kier alpha value is -1.42. The van der Waals surface area contributed by atoms with Crippen molar-refractivity contribution >= 4 is 5.97 Å². The molecular weight excluding hydrogens is 257 g/mol. The number of aryl methyl sites for hydroxylation is 1. The summed E-state index contributed by atoms with van der Waals surface area (Å²) in [6.07, 6.45) is 3.32. The van der Waals surface area contributed by atoms with Crippen molar-refractivity contribution in [1.29, 1.82) is 0 Å². The van der Waals surface area contributed by atoms with Crippen LogP contribution in [0.2, 0.25) is 0 Å². The average Bonchev–Trinajstić information content (AvgIpc) is 2.42. The van der Waals surface area contributed by atoms with E-state index in [1.165, 1.54) is 12.5 Å². The molecule has 0 saturated carbocycles. The highest BCUT2D eigenvalue weighted by atomic mass is 19.1. The van der Waals surface area contributed by atoms with Crippen LogP contribution >= 0.6 is 0 Å². The molecule has 0 aliphatic carbocycles. The largest absolute Gasteiger partial charge is 0.481 e. The van der Waals surface area contributed by atoms with Crippen molar-refractivity contribution in [3.05, 3.63) is 35.1 Å². The normalized spacial score (nSPS) is 19.6. The third-order valence-corrected chi connectivity index (χ3v) is 4.34. The van der Waals surface area contributed by atoms with Gasteiger partial charge in [-0.15, -0.1) is 0 Å². The van der Waals surface area contributed by atoms with Crippen molar-refractivity contribution in [3.63, 3.8) is 0 Å². The van der Waals surface area contributed by atoms with Gasteiger partial charge in [-0.2, -0.15) is 0 Å². The van der Waals surface area contributed by atoms with Gasteiger partial charge in [-0.25, -0.2) is 4.39 Å². The van der Waals surface area contributed by atoms with Crippen LogP contribution < -0.4 is 0 Å². The molecule has 1 aliphatic rings. The fourth-order valence-corrected chi connectivity index (χ4v) is 3.01. The van der Waals surface area contributed by atoms with Gasteiger partial charge in [0.05, 0.1) is 12.0 Å². The fourth-order valence-electron chi connectivity index (χ4n) is 3.01. The maximum atomic E-state index is 13.8. The molecule has 1 heterocycles. The molecule has 1 unspecified atom stereocenters. The zero-order chi connectivity index (χ0) is 14.8. The number of aliphatic carboxylic acids is 1. The number of nitrogens with zero attached hydrogens (tertiary/aromatic N) is 1. The number of rotatable bonds is 4. The number of likely N-dealkylation sites (tertiary alicyclic amines) is 1. The minimum Gasteiger partial charge on any atom is -0.481 e. The Morgan fingerprint density at radius 3 is 2.55 bits per heavy atom. The van der Waals surface area contributed by atoms with Gasteiger partial charge < -0.3 is 5.11 Å². The quantitative estimate of drug-likeness (QED) is 0.919. The third kappa shape index (κ3) is 3.01. The molecule has 0 spiro atoms.